The standard InChI is InChI=1S/C24H20BrNO6/c25-15-5-1-12(2-6-15)18(27)11-31-23(29)13-3-7-16(8-4-13)26-22(28)20-14-9-17-19(10-14)32-24(30)21(17)20/h1-8,14,17,19-21H,9-11H2,(H,26,28)/t14-,17+,19+,20-,21+/m1/s1. The monoisotopic (exact) mass is 497 g/mol. The number of carbonyl (C=O) groups is 4. The summed E-state index contributed by atoms with van der Waals surface area (Å²) in [6.45, 7) is -0.359. The SMILES string of the molecule is O=C(COC(=O)c1ccc(NC(=O)[C@@H]2[C@@H]3C[C@@H]4[C@@H]2C(=O)O[C@H]4C3)cc1)c1ccc(Br)cc1. The molecule has 5 atom stereocenters. The summed E-state index contributed by atoms with van der Waals surface area (Å²) >= 11 is 3.30. The molecule has 3 aliphatic rings. The number of benzene rings is 2. The Labute approximate surface area is 192 Å². The molecule has 164 valence electrons. The molecular weight excluding hydrogens is 478 g/mol. The second-order valence-corrected chi connectivity index (χ2v) is 9.41. The number of hydrogen-bond donors (Lipinski definition) is 1. The summed E-state index contributed by atoms with van der Waals surface area (Å²) < 4.78 is 11.4. The number of anilines is 1. The molecule has 0 aromatic heterocycles. The number of ketones is 1. The zero-order valence-electron chi connectivity index (χ0n) is 17.0. The molecule has 2 aromatic rings. The maximum Gasteiger partial charge on any atom is 0.338 e. The first-order valence-corrected chi connectivity index (χ1v) is 11.3. The zero-order valence-corrected chi connectivity index (χ0v) is 18.5. The summed E-state index contributed by atoms with van der Waals surface area (Å²) in [5.74, 6) is -1.71. The highest BCUT2D eigenvalue weighted by Crippen LogP contribution is 2.57. The van der Waals surface area contributed by atoms with Gasteiger partial charge in [0.15, 0.2) is 12.4 Å². The summed E-state index contributed by atoms with van der Waals surface area (Å²) in [5.41, 5.74) is 1.26. The third-order valence-electron chi connectivity index (χ3n) is 6.67. The van der Waals surface area contributed by atoms with E-state index in [4.69, 9.17) is 9.47 Å². The Morgan fingerprint density at radius 1 is 1.00 bits per heavy atom. The van der Waals surface area contributed by atoms with Gasteiger partial charge in [-0.1, -0.05) is 28.1 Å². The molecule has 2 saturated carbocycles. The van der Waals surface area contributed by atoms with E-state index in [1.165, 1.54) is 12.1 Å². The van der Waals surface area contributed by atoms with Gasteiger partial charge in [-0.05, 0) is 55.2 Å². The fraction of sp³-hybridized carbons (Fsp3) is 0.333. The Morgan fingerprint density at radius 3 is 2.41 bits per heavy atom. The lowest BCUT2D eigenvalue weighted by atomic mass is 9.79. The predicted molar refractivity (Wildman–Crippen MR) is 117 cm³/mol. The van der Waals surface area contributed by atoms with Gasteiger partial charge in [0.25, 0.3) is 0 Å². The number of carbonyl (C=O) groups excluding carboxylic acids is 4. The van der Waals surface area contributed by atoms with Gasteiger partial charge in [0.1, 0.15) is 6.10 Å². The lowest BCUT2D eigenvalue weighted by Crippen LogP contribution is -2.35. The van der Waals surface area contributed by atoms with Crippen LogP contribution in [-0.4, -0.2) is 36.3 Å². The fourth-order valence-corrected chi connectivity index (χ4v) is 5.48. The van der Waals surface area contributed by atoms with Crippen LogP contribution in [0.3, 0.4) is 0 Å². The maximum atomic E-state index is 12.8. The summed E-state index contributed by atoms with van der Waals surface area (Å²) in [7, 11) is 0. The molecule has 0 spiro atoms. The van der Waals surface area contributed by atoms with Crippen LogP contribution >= 0.6 is 15.9 Å². The number of nitrogens with one attached hydrogen (secondary N) is 1. The normalized spacial score (nSPS) is 27.2. The van der Waals surface area contributed by atoms with Crippen molar-refractivity contribution in [2.24, 2.45) is 23.7 Å². The van der Waals surface area contributed by atoms with Gasteiger partial charge in [-0.2, -0.15) is 0 Å². The Hall–Kier alpha value is -3.00. The van der Waals surface area contributed by atoms with E-state index >= 15 is 0 Å². The summed E-state index contributed by atoms with van der Waals surface area (Å²) in [5, 5.41) is 2.86. The van der Waals surface area contributed by atoms with E-state index in [-0.39, 0.29) is 59.6 Å². The van der Waals surface area contributed by atoms with Crippen LogP contribution in [-0.2, 0) is 19.1 Å². The number of hydrogen-bond acceptors (Lipinski definition) is 6. The second-order valence-electron chi connectivity index (χ2n) is 8.50. The first kappa shape index (κ1) is 20.9. The van der Waals surface area contributed by atoms with E-state index in [0.717, 1.165) is 17.3 Å². The Bertz CT molecular complexity index is 1090. The minimum absolute atomic E-state index is 0.0116. The van der Waals surface area contributed by atoms with Gasteiger partial charge < -0.3 is 14.8 Å². The van der Waals surface area contributed by atoms with E-state index in [2.05, 4.69) is 21.2 Å². The van der Waals surface area contributed by atoms with Gasteiger partial charge in [0, 0.05) is 21.6 Å². The number of esters is 2. The quantitative estimate of drug-likeness (QED) is 0.483. The number of amides is 1. The number of Topliss-reactive ketones (excluding diaryl/α,β-unsaturated/α-hetero) is 1. The van der Waals surface area contributed by atoms with Gasteiger partial charge in [-0.25, -0.2) is 4.79 Å². The second kappa shape index (κ2) is 8.16. The number of halogens is 1. The fourth-order valence-electron chi connectivity index (χ4n) is 5.21. The van der Waals surface area contributed by atoms with Crippen molar-refractivity contribution in [1.29, 1.82) is 0 Å². The van der Waals surface area contributed by atoms with Crippen LogP contribution in [0.2, 0.25) is 0 Å². The Balaban J connectivity index is 1.17. The van der Waals surface area contributed by atoms with Crippen LogP contribution in [0.4, 0.5) is 5.69 Å². The van der Waals surface area contributed by atoms with Gasteiger partial charge in [0.05, 0.1) is 17.4 Å². The lowest BCUT2D eigenvalue weighted by molar-refractivity contribution is -0.145. The number of ether oxygens (including phenoxy) is 2. The third-order valence-corrected chi connectivity index (χ3v) is 7.20. The molecule has 1 aliphatic heterocycles. The van der Waals surface area contributed by atoms with Crippen LogP contribution < -0.4 is 5.32 Å². The molecule has 32 heavy (non-hydrogen) atoms. The largest absolute Gasteiger partial charge is 0.462 e. The van der Waals surface area contributed by atoms with Crippen LogP contribution in [0, 0.1) is 23.7 Å². The number of rotatable bonds is 6. The topological polar surface area (TPSA) is 98.8 Å². The van der Waals surface area contributed by atoms with E-state index in [9.17, 15) is 19.2 Å². The van der Waals surface area contributed by atoms with E-state index in [1.54, 1.807) is 36.4 Å². The van der Waals surface area contributed by atoms with Crippen molar-refractivity contribution in [3.63, 3.8) is 0 Å². The Morgan fingerprint density at radius 2 is 1.69 bits per heavy atom. The minimum Gasteiger partial charge on any atom is -0.462 e. The van der Waals surface area contributed by atoms with E-state index in [1.807, 2.05) is 0 Å². The molecule has 0 radical (unpaired) electrons. The van der Waals surface area contributed by atoms with E-state index in [0.29, 0.717) is 11.3 Å². The average molecular weight is 498 g/mol. The molecule has 5 rings (SSSR count). The van der Waals surface area contributed by atoms with Crippen molar-refractivity contribution in [2.75, 3.05) is 11.9 Å². The molecule has 1 heterocycles. The first-order chi connectivity index (χ1) is 15.4. The summed E-state index contributed by atoms with van der Waals surface area (Å²) in [6.07, 6.45) is 1.61. The van der Waals surface area contributed by atoms with Crippen molar-refractivity contribution in [2.45, 2.75) is 18.9 Å². The first-order valence-electron chi connectivity index (χ1n) is 10.5. The average Bonchev–Trinajstić information content (AvgIpc) is 3.41. The molecule has 2 aromatic carbocycles. The molecular formula is C24H20BrNO6. The third kappa shape index (κ3) is 3.72. The van der Waals surface area contributed by atoms with Crippen LogP contribution in [0.15, 0.2) is 53.0 Å². The molecule has 3 fully saturated rings. The van der Waals surface area contributed by atoms with Crippen LogP contribution in [0.25, 0.3) is 0 Å². The van der Waals surface area contributed by atoms with Crippen molar-refractivity contribution in [3.8, 4) is 0 Å². The highest BCUT2D eigenvalue weighted by atomic mass is 79.9. The highest BCUT2D eigenvalue weighted by molar-refractivity contribution is 9.10. The van der Waals surface area contributed by atoms with Gasteiger partial charge in [-0.15, -0.1) is 0 Å². The number of fused-ring (bicyclic) bond motifs is 1. The predicted octanol–water partition coefficient (Wildman–Crippen LogP) is 3.62. The van der Waals surface area contributed by atoms with Crippen molar-refractivity contribution < 1.29 is 28.7 Å². The smallest absolute Gasteiger partial charge is 0.338 e. The molecule has 2 aliphatic carbocycles. The van der Waals surface area contributed by atoms with Crippen LogP contribution in [0.1, 0.15) is 33.6 Å². The zero-order chi connectivity index (χ0) is 22.4. The molecule has 2 bridgehead atoms. The van der Waals surface area contributed by atoms with Gasteiger partial charge >= 0.3 is 11.9 Å². The Kier molecular flexibility index (Phi) is 5.33. The lowest BCUT2D eigenvalue weighted by Gasteiger charge is -2.23. The van der Waals surface area contributed by atoms with Crippen molar-refractivity contribution >= 4 is 45.2 Å². The van der Waals surface area contributed by atoms with Gasteiger partial charge in [-0.3, -0.25) is 14.4 Å². The highest BCUT2D eigenvalue weighted by Gasteiger charge is 2.63. The van der Waals surface area contributed by atoms with Crippen LogP contribution in [0.5, 0.6) is 0 Å². The molecule has 0 unspecified atom stereocenters. The maximum absolute atomic E-state index is 12.8. The minimum atomic E-state index is -0.624. The molecule has 1 N–H and O–H groups in total. The molecule has 8 heteroatoms. The summed E-state index contributed by atoms with van der Waals surface area (Å²) in [6, 6.07) is 13.1. The molecule has 1 amide bonds. The van der Waals surface area contributed by atoms with Gasteiger partial charge in [0.2, 0.25) is 5.91 Å². The van der Waals surface area contributed by atoms with E-state index < -0.39 is 5.97 Å². The van der Waals surface area contributed by atoms with Crippen molar-refractivity contribution in [1.82, 2.24) is 0 Å². The van der Waals surface area contributed by atoms with Crippen molar-refractivity contribution in [3.05, 3.63) is 64.1 Å². The molecule has 7 nitrogen and oxygen atoms in total. The molecule has 1 saturated heterocycles. The summed E-state index contributed by atoms with van der Waals surface area (Å²) in [4.78, 5) is 49.4.